The highest BCUT2D eigenvalue weighted by Gasteiger charge is 2.15. The Balaban J connectivity index is 2.71. The Bertz CT molecular complexity index is 308. The van der Waals surface area contributed by atoms with Crippen LogP contribution in [-0.2, 0) is 6.42 Å². The third-order valence-electron chi connectivity index (χ3n) is 2.03. The zero-order valence-corrected chi connectivity index (χ0v) is 8.87. The molecular formula is C9H16N4O. The zero-order valence-electron chi connectivity index (χ0n) is 8.87. The summed E-state index contributed by atoms with van der Waals surface area (Å²) in [6.45, 7) is 4.64. The average molecular weight is 196 g/mol. The van der Waals surface area contributed by atoms with Crippen LogP contribution in [0.2, 0.25) is 0 Å². The minimum absolute atomic E-state index is 0.133. The van der Waals surface area contributed by atoms with E-state index in [1.807, 2.05) is 6.92 Å². The number of rotatable bonds is 4. The number of hydrogen-bond acceptors (Lipinski definition) is 3. The molecule has 0 saturated heterocycles. The molecule has 14 heavy (non-hydrogen) atoms. The van der Waals surface area contributed by atoms with Crippen LogP contribution in [0.4, 0.5) is 0 Å². The highest BCUT2D eigenvalue weighted by atomic mass is 16.2. The average Bonchev–Trinajstić information content (AvgIpc) is 2.64. The van der Waals surface area contributed by atoms with E-state index in [-0.39, 0.29) is 11.7 Å². The van der Waals surface area contributed by atoms with Gasteiger partial charge in [0.2, 0.25) is 5.82 Å². The predicted molar refractivity (Wildman–Crippen MR) is 53.0 cm³/mol. The molecule has 0 radical (unpaired) electrons. The molecule has 0 aliphatic carbocycles. The van der Waals surface area contributed by atoms with Crippen molar-refractivity contribution in [3.63, 3.8) is 0 Å². The standard InChI is InChI=1S/C9H16N4O/c1-4-6-7-10-8(12-11-7)9(14)13(3)5-2/h4-6H2,1-3H3,(H,10,11,12). The first kappa shape index (κ1) is 10.7. The summed E-state index contributed by atoms with van der Waals surface area (Å²) in [5, 5.41) is 6.63. The Morgan fingerprint density at radius 1 is 1.50 bits per heavy atom. The van der Waals surface area contributed by atoms with Crippen LogP contribution in [0.5, 0.6) is 0 Å². The number of hydrogen-bond donors (Lipinski definition) is 1. The molecule has 0 atom stereocenters. The van der Waals surface area contributed by atoms with Gasteiger partial charge in [0.15, 0.2) is 0 Å². The molecule has 0 saturated carbocycles. The largest absolute Gasteiger partial charge is 0.339 e. The van der Waals surface area contributed by atoms with Crippen molar-refractivity contribution >= 4 is 5.91 Å². The van der Waals surface area contributed by atoms with Crippen molar-refractivity contribution in [2.24, 2.45) is 0 Å². The first-order chi connectivity index (χ1) is 6.69. The summed E-state index contributed by atoms with van der Waals surface area (Å²) in [5.41, 5.74) is 0. The molecule has 0 aromatic carbocycles. The molecule has 0 aliphatic heterocycles. The Kier molecular flexibility index (Phi) is 3.62. The lowest BCUT2D eigenvalue weighted by atomic mass is 10.3. The number of aryl methyl sites for hydroxylation is 1. The van der Waals surface area contributed by atoms with Gasteiger partial charge in [0.25, 0.3) is 5.91 Å². The fourth-order valence-corrected chi connectivity index (χ4v) is 1.05. The van der Waals surface area contributed by atoms with Crippen LogP contribution < -0.4 is 0 Å². The van der Waals surface area contributed by atoms with Crippen molar-refractivity contribution in [2.45, 2.75) is 26.7 Å². The highest BCUT2D eigenvalue weighted by Crippen LogP contribution is 1.99. The first-order valence-electron chi connectivity index (χ1n) is 4.85. The van der Waals surface area contributed by atoms with E-state index < -0.39 is 0 Å². The third-order valence-corrected chi connectivity index (χ3v) is 2.03. The Hall–Kier alpha value is -1.39. The van der Waals surface area contributed by atoms with Crippen molar-refractivity contribution in [2.75, 3.05) is 13.6 Å². The summed E-state index contributed by atoms with van der Waals surface area (Å²) >= 11 is 0. The lowest BCUT2D eigenvalue weighted by molar-refractivity contribution is 0.0791. The van der Waals surface area contributed by atoms with Gasteiger partial charge < -0.3 is 4.90 Å². The van der Waals surface area contributed by atoms with Gasteiger partial charge in [-0.15, -0.1) is 5.10 Å². The van der Waals surface area contributed by atoms with E-state index in [0.717, 1.165) is 18.7 Å². The summed E-state index contributed by atoms with van der Waals surface area (Å²) in [7, 11) is 1.73. The smallest absolute Gasteiger partial charge is 0.293 e. The Morgan fingerprint density at radius 3 is 2.79 bits per heavy atom. The maximum absolute atomic E-state index is 11.6. The van der Waals surface area contributed by atoms with Crippen LogP contribution in [0.25, 0.3) is 0 Å². The Labute approximate surface area is 83.5 Å². The molecule has 1 aromatic heterocycles. The minimum Gasteiger partial charge on any atom is -0.339 e. The molecule has 0 aliphatic rings. The number of carbonyl (C=O) groups excluding carboxylic acids is 1. The number of H-pyrrole nitrogens is 1. The summed E-state index contributed by atoms with van der Waals surface area (Å²) in [4.78, 5) is 17.3. The van der Waals surface area contributed by atoms with Crippen molar-refractivity contribution < 1.29 is 4.79 Å². The van der Waals surface area contributed by atoms with Crippen LogP contribution in [0.3, 0.4) is 0 Å². The van der Waals surface area contributed by atoms with Crippen LogP contribution in [0.15, 0.2) is 0 Å². The molecule has 78 valence electrons. The molecule has 5 heteroatoms. The Morgan fingerprint density at radius 2 is 2.21 bits per heavy atom. The predicted octanol–water partition coefficient (Wildman–Crippen LogP) is 0.849. The molecule has 1 rings (SSSR count). The van der Waals surface area contributed by atoms with Gasteiger partial charge >= 0.3 is 0 Å². The number of amides is 1. The van der Waals surface area contributed by atoms with Gasteiger partial charge in [0.05, 0.1) is 0 Å². The van der Waals surface area contributed by atoms with Crippen LogP contribution in [0, 0.1) is 0 Å². The zero-order chi connectivity index (χ0) is 10.6. The van der Waals surface area contributed by atoms with Gasteiger partial charge in [0, 0.05) is 20.0 Å². The maximum atomic E-state index is 11.6. The van der Waals surface area contributed by atoms with E-state index in [1.54, 1.807) is 11.9 Å². The number of aromatic amines is 1. The van der Waals surface area contributed by atoms with Crippen molar-refractivity contribution in [3.8, 4) is 0 Å². The lowest BCUT2D eigenvalue weighted by Gasteiger charge is -2.10. The lowest BCUT2D eigenvalue weighted by Crippen LogP contribution is -2.27. The molecule has 5 nitrogen and oxygen atoms in total. The van der Waals surface area contributed by atoms with Crippen LogP contribution in [0.1, 0.15) is 36.7 Å². The van der Waals surface area contributed by atoms with E-state index in [0.29, 0.717) is 6.54 Å². The van der Waals surface area contributed by atoms with E-state index >= 15 is 0 Å². The molecule has 0 spiro atoms. The highest BCUT2D eigenvalue weighted by molar-refractivity contribution is 5.90. The molecule has 0 fully saturated rings. The fourth-order valence-electron chi connectivity index (χ4n) is 1.05. The van der Waals surface area contributed by atoms with Crippen LogP contribution in [-0.4, -0.2) is 39.6 Å². The minimum atomic E-state index is -0.133. The summed E-state index contributed by atoms with van der Waals surface area (Å²) in [5.74, 6) is 0.907. The van der Waals surface area contributed by atoms with E-state index in [1.165, 1.54) is 0 Å². The van der Waals surface area contributed by atoms with Gasteiger partial charge in [0.1, 0.15) is 5.82 Å². The van der Waals surface area contributed by atoms with Gasteiger partial charge in [-0.3, -0.25) is 9.89 Å². The molecule has 1 N–H and O–H groups in total. The van der Waals surface area contributed by atoms with Gasteiger partial charge in [-0.25, -0.2) is 4.98 Å². The van der Waals surface area contributed by atoms with Crippen molar-refractivity contribution in [1.29, 1.82) is 0 Å². The third kappa shape index (κ3) is 2.31. The first-order valence-corrected chi connectivity index (χ1v) is 4.85. The molecular weight excluding hydrogens is 180 g/mol. The normalized spacial score (nSPS) is 10.2. The second kappa shape index (κ2) is 4.74. The van der Waals surface area contributed by atoms with Crippen molar-refractivity contribution in [3.05, 3.63) is 11.6 Å². The van der Waals surface area contributed by atoms with Gasteiger partial charge in [-0.05, 0) is 13.3 Å². The second-order valence-electron chi connectivity index (χ2n) is 3.18. The SMILES string of the molecule is CCCc1nc(C(=O)N(C)CC)n[nH]1. The molecule has 1 heterocycles. The molecule has 1 aromatic rings. The summed E-state index contributed by atoms with van der Waals surface area (Å²) in [6.07, 6.45) is 1.82. The van der Waals surface area contributed by atoms with E-state index in [9.17, 15) is 4.79 Å². The van der Waals surface area contributed by atoms with Gasteiger partial charge in [-0.1, -0.05) is 6.92 Å². The number of aromatic nitrogens is 3. The van der Waals surface area contributed by atoms with Crippen molar-refractivity contribution in [1.82, 2.24) is 20.1 Å². The molecule has 0 bridgehead atoms. The van der Waals surface area contributed by atoms with Gasteiger partial charge in [-0.2, -0.15) is 0 Å². The quantitative estimate of drug-likeness (QED) is 0.776. The summed E-state index contributed by atoms with van der Waals surface area (Å²) < 4.78 is 0. The van der Waals surface area contributed by atoms with E-state index in [4.69, 9.17) is 0 Å². The summed E-state index contributed by atoms with van der Waals surface area (Å²) in [6, 6.07) is 0. The molecule has 0 unspecified atom stereocenters. The number of nitrogens with one attached hydrogen (secondary N) is 1. The topological polar surface area (TPSA) is 61.9 Å². The fraction of sp³-hybridized carbons (Fsp3) is 0.667. The number of carbonyl (C=O) groups is 1. The molecule has 1 amide bonds. The monoisotopic (exact) mass is 196 g/mol. The van der Waals surface area contributed by atoms with Crippen LogP contribution >= 0.6 is 0 Å². The second-order valence-corrected chi connectivity index (χ2v) is 3.18. The maximum Gasteiger partial charge on any atom is 0.293 e. The van der Waals surface area contributed by atoms with E-state index in [2.05, 4.69) is 22.1 Å². The number of nitrogens with zero attached hydrogens (tertiary/aromatic N) is 3.